The van der Waals surface area contributed by atoms with E-state index < -0.39 is 12.0 Å². The smallest absolute Gasteiger partial charge is 0.321 e. The summed E-state index contributed by atoms with van der Waals surface area (Å²) < 4.78 is 32.7. The summed E-state index contributed by atoms with van der Waals surface area (Å²) in [7, 11) is 0. The molecule has 166 valence electrons. The van der Waals surface area contributed by atoms with Gasteiger partial charge in [0.25, 0.3) is 5.91 Å². The zero-order valence-corrected chi connectivity index (χ0v) is 17.5. The molecular weight excluding hydrogens is 418 g/mol. The third-order valence-electron chi connectivity index (χ3n) is 5.89. The average molecular weight is 440 g/mol. The van der Waals surface area contributed by atoms with Crippen LogP contribution < -0.4 is 5.32 Å². The Hall–Kier alpha value is -3.27. The fourth-order valence-corrected chi connectivity index (χ4v) is 3.93. The van der Waals surface area contributed by atoms with Gasteiger partial charge in [0.05, 0.1) is 13.2 Å². The van der Waals surface area contributed by atoms with Gasteiger partial charge in [-0.1, -0.05) is 12.1 Å². The lowest BCUT2D eigenvalue weighted by atomic mass is 9.75. The molecule has 2 aliphatic rings. The number of nitrogens with one attached hydrogen (secondary N) is 1. The zero-order chi connectivity index (χ0) is 22.3. The molecule has 3 heterocycles. The number of hydrogen-bond donors (Lipinski definition) is 1. The van der Waals surface area contributed by atoms with E-state index in [1.807, 2.05) is 25.1 Å². The van der Waals surface area contributed by atoms with Crippen molar-refractivity contribution in [3.8, 4) is 0 Å². The monoisotopic (exact) mass is 440 g/mol. The Labute approximate surface area is 183 Å². The van der Waals surface area contributed by atoms with Gasteiger partial charge in [0.15, 0.2) is 0 Å². The summed E-state index contributed by atoms with van der Waals surface area (Å²) >= 11 is 0. The van der Waals surface area contributed by atoms with Gasteiger partial charge < -0.3 is 10.1 Å². The highest BCUT2D eigenvalue weighted by atomic mass is 19.3. The van der Waals surface area contributed by atoms with Gasteiger partial charge in [0.1, 0.15) is 23.7 Å². The molecule has 1 N–H and O–H groups in total. The number of rotatable bonds is 7. The molecule has 32 heavy (non-hydrogen) atoms. The van der Waals surface area contributed by atoms with Crippen molar-refractivity contribution in [1.82, 2.24) is 24.7 Å². The quantitative estimate of drug-likeness (QED) is 0.605. The number of nitrogens with zero attached hydrogens (tertiary/aromatic N) is 5. The van der Waals surface area contributed by atoms with Crippen molar-refractivity contribution in [3.05, 3.63) is 65.3 Å². The summed E-state index contributed by atoms with van der Waals surface area (Å²) in [4.78, 5) is 21.7. The maximum absolute atomic E-state index is 13.2. The SMILES string of the molecule is Cc1cc(C(=O)Nc2cccc(C3(Cc4nncn4C(F)F)COC3)c2)nc(C2CC2)n1. The van der Waals surface area contributed by atoms with Gasteiger partial charge in [-0.05, 0) is 43.5 Å². The summed E-state index contributed by atoms with van der Waals surface area (Å²) in [6, 6.07) is 9.03. The standard InChI is InChI=1S/C22H22F2N6O2/c1-13-7-17(28-19(26-13)14-5-6-14)20(31)27-16-4-2-3-15(8-16)22(10-32-11-22)9-18-29-25-12-30(18)21(23)24/h2-4,7-8,12,14,21H,5-6,9-11H2,1H3,(H,27,31). The van der Waals surface area contributed by atoms with E-state index in [9.17, 15) is 13.6 Å². The van der Waals surface area contributed by atoms with Crippen LogP contribution in [0.5, 0.6) is 0 Å². The second kappa shape index (κ2) is 8.01. The third-order valence-corrected chi connectivity index (χ3v) is 5.89. The highest BCUT2D eigenvalue weighted by molar-refractivity contribution is 6.03. The molecule has 0 atom stereocenters. The molecule has 1 amide bonds. The summed E-state index contributed by atoms with van der Waals surface area (Å²) in [6.45, 7) is -0.114. The van der Waals surface area contributed by atoms with E-state index in [2.05, 4.69) is 25.5 Å². The van der Waals surface area contributed by atoms with Gasteiger partial charge in [-0.25, -0.2) is 9.97 Å². The molecule has 1 saturated heterocycles. The van der Waals surface area contributed by atoms with E-state index in [4.69, 9.17) is 4.74 Å². The van der Waals surface area contributed by atoms with Gasteiger partial charge in [-0.15, -0.1) is 10.2 Å². The number of anilines is 1. The van der Waals surface area contributed by atoms with Gasteiger partial charge >= 0.3 is 6.55 Å². The highest BCUT2D eigenvalue weighted by Crippen LogP contribution is 2.38. The first-order valence-corrected chi connectivity index (χ1v) is 10.5. The normalized spacial score (nSPS) is 17.2. The van der Waals surface area contributed by atoms with Gasteiger partial charge in [0.2, 0.25) is 0 Å². The molecule has 10 heteroatoms. The molecule has 8 nitrogen and oxygen atoms in total. The van der Waals surface area contributed by atoms with Crippen molar-refractivity contribution >= 4 is 11.6 Å². The summed E-state index contributed by atoms with van der Waals surface area (Å²) in [5.74, 6) is 0.948. The molecular formula is C22H22F2N6O2. The number of aromatic nitrogens is 5. The predicted molar refractivity (Wildman–Crippen MR) is 111 cm³/mol. The molecule has 1 aliphatic carbocycles. The maximum atomic E-state index is 13.2. The lowest BCUT2D eigenvalue weighted by molar-refractivity contribution is -0.0623. The van der Waals surface area contributed by atoms with Crippen molar-refractivity contribution in [2.75, 3.05) is 18.5 Å². The Morgan fingerprint density at radius 3 is 2.78 bits per heavy atom. The lowest BCUT2D eigenvalue weighted by Crippen LogP contribution is -2.49. The van der Waals surface area contributed by atoms with E-state index in [1.54, 1.807) is 12.1 Å². The van der Waals surface area contributed by atoms with Crippen molar-refractivity contribution in [2.24, 2.45) is 0 Å². The molecule has 2 fully saturated rings. The molecule has 0 spiro atoms. The molecule has 0 unspecified atom stereocenters. The average Bonchev–Trinajstić information content (AvgIpc) is 3.48. The molecule has 1 aliphatic heterocycles. The molecule has 1 saturated carbocycles. The van der Waals surface area contributed by atoms with Crippen LogP contribution >= 0.6 is 0 Å². The van der Waals surface area contributed by atoms with Gasteiger partial charge in [-0.2, -0.15) is 8.78 Å². The summed E-state index contributed by atoms with van der Waals surface area (Å²) in [6.07, 6.45) is 3.39. The minimum absolute atomic E-state index is 0.196. The number of carbonyl (C=O) groups is 1. The minimum atomic E-state index is -2.71. The van der Waals surface area contributed by atoms with E-state index in [-0.39, 0.29) is 18.2 Å². The number of amides is 1. The molecule has 3 aromatic rings. The number of aryl methyl sites for hydroxylation is 1. The summed E-state index contributed by atoms with van der Waals surface area (Å²) in [5, 5.41) is 10.4. The van der Waals surface area contributed by atoms with Crippen LogP contribution in [0.2, 0.25) is 0 Å². The highest BCUT2D eigenvalue weighted by Gasteiger charge is 2.42. The van der Waals surface area contributed by atoms with Crippen LogP contribution in [-0.4, -0.2) is 43.9 Å². The van der Waals surface area contributed by atoms with Crippen LogP contribution in [-0.2, 0) is 16.6 Å². The number of carbonyl (C=O) groups excluding carboxylic acids is 1. The van der Waals surface area contributed by atoms with Crippen molar-refractivity contribution in [2.45, 2.75) is 44.1 Å². The van der Waals surface area contributed by atoms with Crippen LogP contribution in [0.1, 0.15) is 58.7 Å². The van der Waals surface area contributed by atoms with Crippen LogP contribution in [0.4, 0.5) is 14.5 Å². The van der Waals surface area contributed by atoms with Crippen molar-refractivity contribution < 1.29 is 18.3 Å². The first-order chi connectivity index (χ1) is 15.4. The third kappa shape index (κ3) is 3.97. The lowest BCUT2D eigenvalue weighted by Gasteiger charge is -2.42. The second-order valence-electron chi connectivity index (χ2n) is 8.44. The number of benzene rings is 1. The van der Waals surface area contributed by atoms with E-state index in [0.29, 0.717) is 30.5 Å². The Morgan fingerprint density at radius 1 is 1.28 bits per heavy atom. The van der Waals surface area contributed by atoms with Crippen LogP contribution in [0.25, 0.3) is 0 Å². The molecule has 1 aromatic carbocycles. The van der Waals surface area contributed by atoms with Crippen LogP contribution in [0, 0.1) is 6.92 Å². The Bertz CT molecular complexity index is 1160. The number of halogens is 2. The number of hydrogen-bond acceptors (Lipinski definition) is 6. The molecule has 0 bridgehead atoms. The van der Waals surface area contributed by atoms with Crippen LogP contribution in [0.15, 0.2) is 36.7 Å². The fourth-order valence-electron chi connectivity index (χ4n) is 3.93. The molecule has 0 radical (unpaired) electrons. The topological polar surface area (TPSA) is 94.8 Å². The molecule has 5 rings (SSSR count). The van der Waals surface area contributed by atoms with Crippen molar-refractivity contribution in [1.29, 1.82) is 0 Å². The first-order valence-electron chi connectivity index (χ1n) is 10.5. The maximum Gasteiger partial charge on any atom is 0.321 e. The Morgan fingerprint density at radius 2 is 2.09 bits per heavy atom. The Kier molecular flexibility index (Phi) is 5.16. The van der Waals surface area contributed by atoms with E-state index >= 15 is 0 Å². The summed E-state index contributed by atoms with van der Waals surface area (Å²) in [5.41, 5.74) is 2.05. The first kappa shape index (κ1) is 20.6. The number of alkyl halides is 2. The largest absolute Gasteiger partial charge is 0.379 e. The van der Waals surface area contributed by atoms with Crippen molar-refractivity contribution in [3.63, 3.8) is 0 Å². The predicted octanol–water partition coefficient (Wildman–Crippen LogP) is 3.41. The zero-order valence-electron chi connectivity index (χ0n) is 17.5. The second-order valence-corrected chi connectivity index (χ2v) is 8.44. The van der Waals surface area contributed by atoms with Gasteiger partial charge in [-0.3, -0.25) is 9.36 Å². The van der Waals surface area contributed by atoms with Gasteiger partial charge in [0, 0.05) is 29.1 Å². The Balaban J connectivity index is 1.37. The minimum Gasteiger partial charge on any atom is -0.379 e. The van der Waals surface area contributed by atoms with E-state index in [0.717, 1.165) is 40.8 Å². The number of ether oxygens (including phenoxy) is 1. The molecule has 2 aromatic heterocycles. The van der Waals surface area contributed by atoms with E-state index in [1.165, 1.54) is 0 Å². The van der Waals surface area contributed by atoms with Crippen LogP contribution in [0.3, 0.4) is 0 Å². The fraction of sp³-hybridized carbons (Fsp3) is 0.409.